The summed E-state index contributed by atoms with van der Waals surface area (Å²) in [6.45, 7) is 0.424. The molecule has 4 heteroatoms. The van der Waals surface area contributed by atoms with E-state index in [1.165, 1.54) is 17.7 Å². The number of anilines is 1. The van der Waals surface area contributed by atoms with E-state index in [0.717, 1.165) is 18.5 Å². The van der Waals surface area contributed by atoms with Gasteiger partial charge >= 0.3 is 0 Å². The van der Waals surface area contributed by atoms with Gasteiger partial charge in [-0.15, -0.1) is 0 Å². The number of ether oxygens (including phenoxy) is 1. The molecule has 2 aromatic carbocycles. The molecule has 0 bridgehead atoms. The van der Waals surface area contributed by atoms with Crippen molar-refractivity contribution in [3.63, 3.8) is 0 Å². The van der Waals surface area contributed by atoms with Crippen molar-refractivity contribution in [1.82, 2.24) is 0 Å². The summed E-state index contributed by atoms with van der Waals surface area (Å²) in [5, 5.41) is 8.65. The zero-order valence-corrected chi connectivity index (χ0v) is 11.0. The van der Waals surface area contributed by atoms with E-state index in [1.807, 2.05) is 30.3 Å². The number of hydrogen-bond donors (Lipinski definition) is 1. The summed E-state index contributed by atoms with van der Waals surface area (Å²) in [5.41, 5.74) is 7.81. The van der Waals surface area contributed by atoms with Gasteiger partial charge in [0.15, 0.2) is 11.6 Å². The van der Waals surface area contributed by atoms with Crippen LogP contribution in [0, 0.1) is 17.1 Å². The highest BCUT2D eigenvalue weighted by molar-refractivity contribution is 5.39. The minimum atomic E-state index is -0.503. The van der Waals surface area contributed by atoms with Crippen molar-refractivity contribution in [1.29, 1.82) is 5.26 Å². The van der Waals surface area contributed by atoms with Crippen LogP contribution in [0.1, 0.15) is 17.5 Å². The lowest BCUT2D eigenvalue weighted by Gasteiger charge is -2.07. The van der Waals surface area contributed by atoms with Gasteiger partial charge in [-0.05, 0) is 48.7 Å². The lowest BCUT2D eigenvalue weighted by atomic mass is 10.1. The molecule has 3 nitrogen and oxygen atoms in total. The molecule has 0 saturated carbocycles. The van der Waals surface area contributed by atoms with Crippen LogP contribution in [0.5, 0.6) is 5.75 Å². The number of hydrogen-bond acceptors (Lipinski definition) is 3. The number of rotatable bonds is 5. The third kappa shape index (κ3) is 3.72. The van der Waals surface area contributed by atoms with E-state index < -0.39 is 5.82 Å². The first-order valence-corrected chi connectivity index (χ1v) is 6.36. The van der Waals surface area contributed by atoms with Crippen LogP contribution >= 0.6 is 0 Å². The fraction of sp³-hybridized carbons (Fsp3) is 0.188. The maximum atomic E-state index is 13.5. The third-order valence-electron chi connectivity index (χ3n) is 2.91. The van der Waals surface area contributed by atoms with Crippen LogP contribution in [0.15, 0.2) is 42.5 Å². The molecule has 2 N–H and O–H groups in total. The van der Waals surface area contributed by atoms with Crippen LogP contribution in [0.2, 0.25) is 0 Å². The first kappa shape index (κ1) is 13.9. The first-order valence-electron chi connectivity index (χ1n) is 6.36. The van der Waals surface area contributed by atoms with E-state index in [9.17, 15) is 4.39 Å². The van der Waals surface area contributed by atoms with Gasteiger partial charge in [0, 0.05) is 5.69 Å². The molecule has 0 atom stereocenters. The summed E-state index contributed by atoms with van der Waals surface area (Å²) in [5.74, 6) is -0.321. The Kier molecular flexibility index (Phi) is 4.56. The Balaban J connectivity index is 1.81. The smallest absolute Gasteiger partial charge is 0.166 e. The molecule has 2 aromatic rings. The topological polar surface area (TPSA) is 59.0 Å². The minimum absolute atomic E-state index is 0.182. The number of nitrogen functional groups attached to an aromatic ring is 1. The van der Waals surface area contributed by atoms with Crippen molar-refractivity contribution >= 4 is 5.69 Å². The van der Waals surface area contributed by atoms with Crippen molar-refractivity contribution in [3.05, 3.63) is 59.4 Å². The van der Waals surface area contributed by atoms with Crippen LogP contribution in [0.3, 0.4) is 0 Å². The van der Waals surface area contributed by atoms with Gasteiger partial charge in [-0.1, -0.05) is 12.1 Å². The Morgan fingerprint density at radius 3 is 2.55 bits per heavy atom. The normalized spacial score (nSPS) is 10.0. The van der Waals surface area contributed by atoms with E-state index in [2.05, 4.69) is 0 Å². The summed E-state index contributed by atoms with van der Waals surface area (Å²) in [6.07, 6.45) is 1.63. The highest BCUT2D eigenvalue weighted by atomic mass is 19.1. The Morgan fingerprint density at radius 1 is 1.15 bits per heavy atom. The van der Waals surface area contributed by atoms with Crippen molar-refractivity contribution in [3.8, 4) is 11.8 Å². The average molecular weight is 270 g/mol. The molecule has 0 aliphatic heterocycles. The molecule has 0 radical (unpaired) electrons. The maximum Gasteiger partial charge on any atom is 0.166 e. The van der Waals surface area contributed by atoms with Gasteiger partial charge in [0.2, 0.25) is 0 Å². The quantitative estimate of drug-likeness (QED) is 0.670. The molecule has 20 heavy (non-hydrogen) atoms. The fourth-order valence-electron chi connectivity index (χ4n) is 1.83. The second-order valence-corrected chi connectivity index (χ2v) is 4.45. The molecule has 0 saturated heterocycles. The summed E-state index contributed by atoms with van der Waals surface area (Å²) in [7, 11) is 0. The molecule has 0 fully saturated rings. The molecule has 0 unspecified atom stereocenters. The van der Waals surface area contributed by atoms with E-state index in [4.69, 9.17) is 15.7 Å². The average Bonchev–Trinajstić information content (AvgIpc) is 2.46. The second kappa shape index (κ2) is 6.58. The molecule has 0 aliphatic rings. The van der Waals surface area contributed by atoms with Crippen molar-refractivity contribution in [2.45, 2.75) is 12.8 Å². The number of aryl methyl sites for hydroxylation is 1. The number of nitrogens with two attached hydrogens (primary N) is 1. The summed E-state index contributed by atoms with van der Waals surface area (Å²) in [6, 6.07) is 13.7. The third-order valence-corrected chi connectivity index (χ3v) is 2.91. The Hall–Kier alpha value is -2.54. The number of nitriles is 1. The highest BCUT2D eigenvalue weighted by Gasteiger charge is 2.04. The maximum absolute atomic E-state index is 13.5. The predicted octanol–water partition coefficient (Wildman–Crippen LogP) is 3.29. The molecule has 0 aliphatic carbocycles. The molecule has 102 valence electrons. The standard InChI is InChI=1S/C16H15FN2O/c17-15-10-13(11-18)5-8-16(15)20-9-1-2-12-3-6-14(19)7-4-12/h3-8,10H,1-2,9,19H2. The lowest BCUT2D eigenvalue weighted by molar-refractivity contribution is 0.295. The van der Waals surface area contributed by atoms with Crippen molar-refractivity contribution < 1.29 is 9.13 Å². The number of benzene rings is 2. The van der Waals surface area contributed by atoms with Gasteiger partial charge < -0.3 is 10.5 Å². The van der Waals surface area contributed by atoms with Gasteiger partial charge in [-0.2, -0.15) is 5.26 Å². The van der Waals surface area contributed by atoms with Crippen LogP contribution in [-0.4, -0.2) is 6.61 Å². The van der Waals surface area contributed by atoms with Crippen LogP contribution in [0.25, 0.3) is 0 Å². The van der Waals surface area contributed by atoms with Gasteiger partial charge in [-0.3, -0.25) is 0 Å². The summed E-state index contributed by atoms with van der Waals surface area (Å²) in [4.78, 5) is 0. The van der Waals surface area contributed by atoms with Crippen LogP contribution in [-0.2, 0) is 6.42 Å². The molecule has 0 spiro atoms. The number of halogens is 1. The fourth-order valence-corrected chi connectivity index (χ4v) is 1.83. The molecular formula is C16H15FN2O. The van der Waals surface area contributed by atoms with Gasteiger partial charge in [-0.25, -0.2) is 4.39 Å². The zero-order valence-electron chi connectivity index (χ0n) is 11.0. The predicted molar refractivity (Wildman–Crippen MR) is 75.8 cm³/mol. The Bertz CT molecular complexity index is 617. The van der Waals surface area contributed by atoms with Gasteiger partial charge in [0.1, 0.15) is 0 Å². The molecule has 0 aromatic heterocycles. The lowest BCUT2D eigenvalue weighted by Crippen LogP contribution is -2.01. The minimum Gasteiger partial charge on any atom is -0.491 e. The van der Waals surface area contributed by atoms with Crippen LogP contribution in [0.4, 0.5) is 10.1 Å². The molecule has 0 amide bonds. The van der Waals surface area contributed by atoms with Gasteiger partial charge in [0.25, 0.3) is 0 Å². The van der Waals surface area contributed by atoms with Crippen molar-refractivity contribution in [2.75, 3.05) is 12.3 Å². The van der Waals surface area contributed by atoms with Crippen molar-refractivity contribution in [2.24, 2.45) is 0 Å². The van der Waals surface area contributed by atoms with E-state index in [0.29, 0.717) is 6.61 Å². The molecule has 2 rings (SSSR count). The summed E-state index contributed by atoms with van der Waals surface area (Å²) < 4.78 is 18.9. The van der Waals surface area contributed by atoms with E-state index in [-0.39, 0.29) is 11.3 Å². The van der Waals surface area contributed by atoms with Gasteiger partial charge in [0.05, 0.1) is 18.2 Å². The SMILES string of the molecule is N#Cc1ccc(OCCCc2ccc(N)cc2)c(F)c1. The largest absolute Gasteiger partial charge is 0.491 e. The Labute approximate surface area is 117 Å². The monoisotopic (exact) mass is 270 g/mol. The van der Waals surface area contributed by atoms with E-state index in [1.54, 1.807) is 6.07 Å². The van der Waals surface area contributed by atoms with E-state index >= 15 is 0 Å². The Morgan fingerprint density at radius 2 is 1.90 bits per heavy atom. The first-order chi connectivity index (χ1) is 9.69. The number of nitrogens with zero attached hydrogens (tertiary/aromatic N) is 1. The van der Waals surface area contributed by atoms with Crippen LogP contribution < -0.4 is 10.5 Å². The zero-order chi connectivity index (χ0) is 14.4. The molecule has 0 heterocycles. The highest BCUT2D eigenvalue weighted by Crippen LogP contribution is 2.18. The summed E-state index contributed by atoms with van der Waals surface area (Å²) >= 11 is 0. The second-order valence-electron chi connectivity index (χ2n) is 4.45. The molecular weight excluding hydrogens is 255 g/mol.